The van der Waals surface area contributed by atoms with Gasteiger partial charge in [0.15, 0.2) is 11.4 Å². The highest BCUT2D eigenvalue weighted by Crippen LogP contribution is 2.16. The van der Waals surface area contributed by atoms with Crippen molar-refractivity contribution in [3.8, 4) is 0 Å². The Morgan fingerprint density at radius 1 is 1.00 bits per heavy atom. The number of nitrogens with zero attached hydrogens (tertiary/aromatic N) is 2. The SMILES string of the molecule is Cn1c(=O)[nH]c(=O)c2[nH]c(Cc3ccc(C(=O)c4ccc(Cl)cc4)cc3)nc21. The van der Waals surface area contributed by atoms with E-state index in [-0.39, 0.29) is 11.3 Å². The summed E-state index contributed by atoms with van der Waals surface area (Å²) in [5.41, 5.74) is 1.59. The zero-order chi connectivity index (χ0) is 19.8. The minimum Gasteiger partial charge on any atom is -0.336 e. The van der Waals surface area contributed by atoms with Gasteiger partial charge in [-0.15, -0.1) is 0 Å². The number of ketones is 1. The predicted octanol–water partition coefficient (Wildman–Crippen LogP) is 2.43. The molecule has 0 spiro atoms. The van der Waals surface area contributed by atoms with E-state index < -0.39 is 11.2 Å². The largest absolute Gasteiger partial charge is 0.336 e. The number of aromatic nitrogens is 4. The average molecular weight is 395 g/mol. The summed E-state index contributed by atoms with van der Waals surface area (Å²) < 4.78 is 1.28. The zero-order valence-corrected chi connectivity index (χ0v) is 15.6. The highest BCUT2D eigenvalue weighted by Gasteiger charge is 2.12. The topological polar surface area (TPSA) is 101 Å². The zero-order valence-electron chi connectivity index (χ0n) is 14.8. The lowest BCUT2D eigenvalue weighted by atomic mass is 10.0. The second kappa shape index (κ2) is 6.94. The second-order valence-corrected chi connectivity index (χ2v) is 6.85. The van der Waals surface area contributed by atoms with E-state index in [0.29, 0.717) is 34.0 Å². The molecule has 4 aromatic rings. The number of benzene rings is 2. The summed E-state index contributed by atoms with van der Waals surface area (Å²) in [4.78, 5) is 45.6. The molecule has 0 atom stereocenters. The van der Waals surface area contributed by atoms with Gasteiger partial charge in [0, 0.05) is 29.6 Å². The standard InChI is InChI=1S/C20H15ClN4O3/c1-25-18-16(19(27)24-20(25)28)22-15(23-18)10-11-2-4-12(5-3-11)17(26)13-6-8-14(21)9-7-13/h2-9H,10H2,1H3,(H,22,23)(H,24,27,28). The molecule has 4 rings (SSSR count). The molecule has 0 bridgehead atoms. The van der Waals surface area contributed by atoms with Crippen LogP contribution in [0.4, 0.5) is 0 Å². The van der Waals surface area contributed by atoms with Gasteiger partial charge in [-0.25, -0.2) is 9.78 Å². The molecule has 2 N–H and O–H groups in total. The van der Waals surface area contributed by atoms with Crippen LogP contribution in [-0.2, 0) is 13.5 Å². The van der Waals surface area contributed by atoms with Gasteiger partial charge in [0.05, 0.1) is 0 Å². The van der Waals surface area contributed by atoms with E-state index in [1.807, 2.05) is 12.1 Å². The first-order chi connectivity index (χ1) is 13.4. The van der Waals surface area contributed by atoms with Crippen LogP contribution in [0, 0.1) is 0 Å². The highest BCUT2D eigenvalue weighted by molar-refractivity contribution is 6.30. The summed E-state index contributed by atoms with van der Waals surface area (Å²) in [5, 5.41) is 0.578. The summed E-state index contributed by atoms with van der Waals surface area (Å²) in [6, 6.07) is 13.9. The van der Waals surface area contributed by atoms with Gasteiger partial charge in [-0.1, -0.05) is 35.9 Å². The molecule has 0 aliphatic carbocycles. The highest BCUT2D eigenvalue weighted by atomic mass is 35.5. The van der Waals surface area contributed by atoms with E-state index in [4.69, 9.17) is 11.6 Å². The Morgan fingerprint density at radius 3 is 2.25 bits per heavy atom. The molecule has 0 amide bonds. The smallest absolute Gasteiger partial charge is 0.329 e. The van der Waals surface area contributed by atoms with Crippen LogP contribution in [0.25, 0.3) is 11.2 Å². The third kappa shape index (κ3) is 3.27. The van der Waals surface area contributed by atoms with Crippen LogP contribution in [0.3, 0.4) is 0 Å². The molecular weight excluding hydrogens is 380 g/mol. The number of halogens is 1. The number of nitrogens with one attached hydrogen (secondary N) is 2. The third-order valence-electron chi connectivity index (χ3n) is 4.50. The van der Waals surface area contributed by atoms with Crippen LogP contribution >= 0.6 is 11.6 Å². The Labute approximate surface area is 163 Å². The number of rotatable bonds is 4. The number of aromatic amines is 2. The number of carbonyl (C=O) groups excluding carboxylic acids is 1. The van der Waals surface area contributed by atoms with Crippen molar-refractivity contribution in [3.63, 3.8) is 0 Å². The lowest BCUT2D eigenvalue weighted by Crippen LogP contribution is -2.28. The first-order valence-corrected chi connectivity index (χ1v) is 8.87. The number of hydrogen-bond donors (Lipinski definition) is 2. The van der Waals surface area contributed by atoms with Gasteiger partial charge >= 0.3 is 5.69 Å². The minimum absolute atomic E-state index is 0.0894. The quantitative estimate of drug-likeness (QED) is 0.519. The summed E-state index contributed by atoms with van der Waals surface area (Å²) in [6.45, 7) is 0. The second-order valence-electron chi connectivity index (χ2n) is 6.41. The van der Waals surface area contributed by atoms with Crippen molar-refractivity contribution in [2.45, 2.75) is 6.42 Å². The Kier molecular flexibility index (Phi) is 4.44. The van der Waals surface area contributed by atoms with E-state index in [9.17, 15) is 14.4 Å². The molecule has 2 heterocycles. The molecule has 7 nitrogen and oxygen atoms in total. The van der Waals surface area contributed by atoms with E-state index >= 15 is 0 Å². The normalized spacial score (nSPS) is 11.1. The van der Waals surface area contributed by atoms with Gasteiger partial charge in [0.1, 0.15) is 11.3 Å². The number of imidazole rings is 1. The molecule has 0 fully saturated rings. The van der Waals surface area contributed by atoms with Crippen LogP contribution in [0.5, 0.6) is 0 Å². The van der Waals surface area contributed by atoms with Gasteiger partial charge < -0.3 is 4.98 Å². The molecule has 0 aliphatic rings. The number of fused-ring (bicyclic) bond motifs is 1. The maximum absolute atomic E-state index is 12.5. The molecule has 28 heavy (non-hydrogen) atoms. The van der Waals surface area contributed by atoms with Gasteiger partial charge in [-0.3, -0.25) is 19.1 Å². The van der Waals surface area contributed by atoms with E-state index in [0.717, 1.165) is 5.56 Å². The summed E-state index contributed by atoms with van der Waals surface area (Å²) in [7, 11) is 1.54. The molecule has 0 radical (unpaired) electrons. The van der Waals surface area contributed by atoms with Crippen LogP contribution in [-0.4, -0.2) is 25.3 Å². The Hall–Kier alpha value is -3.45. The molecular formula is C20H15ClN4O3. The molecule has 2 aromatic carbocycles. The molecule has 0 saturated carbocycles. The molecule has 0 unspecified atom stereocenters. The maximum Gasteiger partial charge on any atom is 0.329 e. The molecule has 8 heteroatoms. The molecule has 0 aliphatic heterocycles. The fraction of sp³-hybridized carbons (Fsp3) is 0.100. The van der Waals surface area contributed by atoms with Crippen molar-refractivity contribution < 1.29 is 4.79 Å². The van der Waals surface area contributed by atoms with Crippen LogP contribution in [0.1, 0.15) is 27.3 Å². The Morgan fingerprint density at radius 2 is 1.61 bits per heavy atom. The summed E-state index contributed by atoms with van der Waals surface area (Å²) in [5.74, 6) is 0.465. The monoisotopic (exact) mass is 394 g/mol. The van der Waals surface area contributed by atoms with Gasteiger partial charge in [-0.2, -0.15) is 0 Å². The van der Waals surface area contributed by atoms with Gasteiger partial charge in [0.25, 0.3) is 5.56 Å². The summed E-state index contributed by atoms with van der Waals surface area (Å²) >= 11 is 5.86. The van der Waals surface area contributed by atoms with Crippen LogP contribution in [0.15, 0.2) is 58.1 Å². The average Bonchev–Trinajstić information content (AvgIpc) is 3.11. The lowest BCUT2D eigenvalue weighted by Gasteiger charge is -2.03. The van der Waals surface area contributed by atoms with Gasteiger partial charge in [-0.05, 0) is 29.8 Å². The Balaban J connectivity index is 1.59. The number of carbonyl (C=O) groups is 1. The van der Waals surface area contributed by atoms with Crippen molar-refractivity contribution >= 4 is 28.5 Å². The fourth-order valence-corrected chi connectivity index (χ4v) is 3.10. The molecule has 140 valence electrons. The molecule has 0 saturated heterocycles. The molecule has 2 aromatic heterocycles. The predicted molar refractivity (Wildman–Crippen MR) is 106 cm³/mol. The van der Waals surface area contributed by atoms with E-state index in [1.54, 1.807) is 43.4 Å². The van der Waals surface area contributed by atoms with Crippen molar-refractivity contribution in [1.82, 2.24) is 19.5 Å². The van der Waals surface area contributed by atoms with Gasteiger partial charge in [0.2, 0.25) is 0 Å². The number of hydrogen-bond acceptors (Lipinski definition) is 4. The van der Waals surface area contributed by atoms with Crippen molar-refractivity contribution in [2.75, 3.05) is 0 Å². The van der Waals surface area contributed by atoms with Crippen LogP contribution in [0.2, 0.25) is 5.02 Å². The minimum atomic E-state index is -0.513. The maximum atomic E-state index is 12.5. The fourth-order valence-electron chi connectivity index (χ4n) is 2.97. The third-order valence-corrected chi connectivity index (χ3v) is 4.75. The number of H-pyrrole nitrogens is 2. The van der Waals surface area contributed by atoms with Crippen LogP contribution < -0.4 is 11.2 Å². The summed E-state index contributed by atoms with van der Waals surface area (Å²) in [6.07, 6.45) is 0.428. The van der Waals surface area contributed by atoms with E-state index in [1.165, 1.54) is 4.57 Å². The first-order valence-electron chi connectivity index (χ1n) is 8.49. The first kappa shape index (κ1) is 17.9. The number of aryl methyl sites for hydroxylation is 1. The Bertz CT molecular complexity index is 1300. The van der Waals surface area contributed by atoms with E-state index in [2.05, 4.69) is 15.0 Å². The van der Waals surface area contributed by atoms with Crippen molar-refractivity contribution in [2.24, 2.45) is 7.05 Å². The van der Waals surface area contributed by atoms with Crippen molar-refractivity contribution in [1.29, 1.82) is 0 Å². The lowest BCUT2D eigenvalue weighted by molar-refractivity contribution is 0.103. The van der Waals surface area contributed by atoms with Crippen molar-refractivity contribution in [3.05, 3.63) is 96.9 Å².